The van der Waals surface area contributed by atoms with E-state index in [0.717, 1.165) is 31.9 Å². The molecule has 0 fully saturated rings. The molecule has 3 heteroatoms. The van der Waals surface area contributed by atoms with E-state index in [1.807, 2.05) is 11.8 Å². The zero-order valence-corrected chi connectivity index (χ0v) is 13.1. The first-order chi connectivity index (χ1) is 9.36. The molecule has 0 saturated heterocycles. The highest BCUT2D eigenvalue weighted by molar-refractivity contribution is 7.98. The van der Waals surface area contributed by atoms with E-state index in [-0.39, 0.29) is 0 Å². The van der Waals surface area contributed by atoms with E-state index in [1.165, 1.54) is 30.6 Å². The average molecular weight is 281 g/mol. The second kappa shape index (κ2) is 11.2. The summed E-state index contributed by atoms with van der Waals surface area (Å²) in [6.07, 6.45) is 7.02. The molecular formula is C16H27NOS. The third-order valence-corrected chi connectivity index (χ3v) is 3.67. The molecule has 0 saturated carbocycles. The summed E-state index contributed by atoms with van der Waals surface area (Å²) >= 11 is 1.90. The number of rotatable bonds is 11. The monoisotopic (exact) mass is 281 g/mol. The number of benzene rings is 1. The Morgan fingerprint density at radius 1 is 1.11 bits per heavy atom. The van der Waals surface area contributed by atoms with E-state index in [4.69, 9.17) is 4.74 Å². The number of ether oxygens (including phenoxy) is 1. The van der Waals surface area contributed by atoms with Gasteiger partial charge in [0.2, 0.25) is 0 Å². The Balaban J connectivity index is 2.16. The lowest BCUT2D eigenvalue weighted by atomic mass is 10.2. The molecule has 0 radical (unpaired) electrons. The van der Waals surface area contributed by atoms with Crippen LogP contribution in [0.25, 0.3) is 0 Å². The molecule has 0 atom stereocenters. The summed E-state index contributed by atoms with van der Waals surface area (Å²) in [5.74, 6) is 2.22. The molecule has 0 aliphatic heterocycles. The van der Waals surface area contributed by atoms with Gasteiger partial charge in [0.15, 0.2) is 0 Å². The Hall–Kier alpha value is -0.670. The molecule has 108 valence electrons. The van der Waals surface area contributed by atoms with Crippen molar-refractivity contribution in [3.8, 4) is 5.75 Å². The lowest BCUT2D eigenvalue weighted by molar-refractivity contribution is 0.306. The van der Waals surface area contributed by atoms with Gasteiger partial charge in [0.1, 0.15) is 5.75 Å². The number of hydrogen-bond acceptors (Lipinski definition) is 3. The molecule has 1 aromatic carbocycles. The first-order valence-electron chi connectivity index (χ1n) is 7.28. The van der Waals surface area contributed by atoms with Crippen LogP contribution < -0.4 is 10.1 Å². The van der Waals surface area contributed by atoms with E-state index < -0.39 is 0 Å². The van der Waals surface area contributed by atoms with Crippen molar-refractivity contribution in [2.75, 3.05) is 25.2 Å². The third kappa shape index (κ3) is 8.17. The van der Waals surface area contributed by atoms with Crippen LogP contribution in [0.1, 0.15) is 38.2 Å². The largest absolute Gasteiger partial charge is 0.494 e. The van der Waals surface area contributed by atoms with Crippen LogP contribution in [0.15, 0.2) is 24.3 Å². The van der Waals surface area contributed by atoms with Crippen molar-refractivity contribution in [1.82, 2.24) is 5.32 Å². The highest BCUT2D eigenvalue weighted by atomic mass is 32.2. The molecule has 0 amide bonds. The molecule has 0 spiro atoms. The molecule has 19 heavy (non-hydrogen) atoms. The maximum atomic E-state index is 5.70. The van der Waals surface area contributed by atoms with E-state index in [9.17, 15) is 0 Å². The Bertz CT molecular complexity index is 313. The molecule has 1 N–H and O–H groups in total. The minimum atomic E-state index is 0.833. The summed E-state index contributed by atoms with van der Waals surface area (Å²) < 4.78 is 5.70. The van der Waals surface area contributed by atoms with Gasteiger partial charge >= 0.3 is 0 Å². The second-order valence-electron chi connectivity index (χ2n) is 4.72. The van der Waals surface area contributed by atoms with E-state index in [0.29, 0.717) is 0 Å². The number of thioether (sulfide) groups is 1. The maximum Gasteiger partial charge on any atom is 0.119 e. The summed E-state index contributed by atoms with van der Waals surface area (Å²) in [6.45, 7) is 5.09. The third-order valence-electron chi connectivity index (χ3n) is 2.97. The van der Waals surface area contributed by atoms with Crippen molar-refractivity contribution in [1.29, 1.82) is 0 Å². The van der Waals surface area contributed by atoms with Crippen molar-refractivity contribution in [2.24, 2.45) is 0 Å². The Morgan fingerprint density at radius 2 is 1.89 bits per heavy atom. The van der Waals surface area contributed by atoms with Gasteiger partial charge in [0, 0.05) is 6.54 Å². The minimum absolute atomic E-state index is 0.833. The summed E-state index contributed by atoms with van der Waals surface area (Å²) in [5.41, 5.74) is 1.32. The molecule has 0 aliphatic rings. The molecule has 1 aromatic rings. The van der Waals surface area contributed by atoms with Gasteiger partial charge < -0.3 is 10.1 Å². The molecule has 0 aliphatic carbocycles. The zero-order chi connectivity index (χ0) is 13.8. The van der Waals surface area contributed by atoms with Gasteiger partial charge in [0.25, 0.3) is 0 Å². The van der Waals surface area contributed by atoms with Crippen molar-refractivity contribution in [3.05, 3.63) is 29.8 Å². The standard InChI is InChI=1S/C16H27NOS/c1-3-4-5-12-18-16-9-7-15(8-10-16)14-17-11-6-13-19-2/h7-10,17H,3-6,11-14H2,1-2H3. The Morgan fingerprint density at radius 3 is 2.58 bits per heavy atom. The van der Waals surface area contributed by atoms with Crippen molar-refractivity contribution in [2.45, 2.75) is 39.2 Å². The molecule has 1 rings (SSSR count). The Kier molecular flexibility index (Phi) is 9.64. The lowest BCUT2D eigenvalue weighted by Gasteiger charge is -2.08. The minimum Gasteiger partial charge on any atom is -0.494 e. The second-order valence-corrected chi connectivity index (χ2v) is 5.71. The van der Waals surface area contributed by atoms with Crippen LogP contribution in [0.5, 0.6) is 5.75 Å². The Labute approximate surface area is 122 Å². The normalized spacial score (nSPS) is 10.6. The fourth-order valence-corrected chi connectivity index (χ4v) is 2.25. The van der Waals surface area contributed by atoms with Crippen LogP contribution in [-0.2, 0) is 6.54 Å². The van der Waals surface area contributed by atoms with E-state index >= 15 is 0 Å². The van der Waals surface area contributed by atoms with Crippen molar-refractivity contribution < 1.29 is 4.74 Å². The van der Waals surface area contributed by atoms with Gasteiger partial charge in [-0.1, -0.05) is 31.9 Å². The van der Waals surface area contributed by atoms with Crippen LogP contribution >= 0.6 is 11.8 Å². The average Bonchev–Trinajstić information content (AvgIpc) is 2.45. The first-order valence-corrected chi connectivity index (χ1v) is 8.67. The number of unbranched alkanes of at least 4 members (excludes halogenated alkanes) is 2. The van der Waals surface area contributed by atoms with Gasteiger partial charge in [-0.2, -0.15) is 11.8 Å². The quantitative estimate of drug-likeness (QED) is 0.617. The first kappa shape index (κ1) is 16.4. The molecule has 0 bridgehead atoms. The van der Waals surface area contributed by atoms with Gasteiger partial charge in [-0.05, 0) is 49.1 Å². The van der Waals surface area contributed by atoms with Crippen molar-refractivity contribution in [3.63, 3.8) is 0 Å². The fourth-order valence-electron chi connectivity index (χ4n) is 1.82. The zero-order valence-electron chi connectivity index (χ0n) is 12.3. The highest BCUT2D eigenvalue weighted by Gasteiger charge is 1.96. The lowest BCUT2D eigenvalue weighted by Crippen LogP contribution is -2.15. The maximum absolute atomic E-state index is 5.70. The molecule has 0 unspecified atom stereocenters. The topological polar surface area (TPSA) is 21.3 Å². The van der Waals surface area contributed by atoms with Crippen LogP contribution in [0, 0.1) is 0 Å². The van der Waals surface area contributed by atoms with Gasteiger partial charge in [0.05, 0.1) is 6.61 Å². The predicted molar refractivity (Wildman–Crippen MR) is 86.2 cm³/mol. The summed E-state index contributed by atoms with van der Waals surface area (Å²) in [7, 11) is 0. The summed E-state index contributed by atoms with van der Waals surface area (Å²) in [5, 5.41) is 3.46. The van der Waals surface area contributed by atoms with Crippen LogP contribution in [0.3, 0.4) is 0 Å². The van der Waals surface area contributed by atoms with Crippen LogP contribution in [0.4, 0.5) is 0 Å². The summed E-state index contributed by atoms with van der Waals surface area (Å²) in [4.78, 5) is 0. The summed E-state index contributed by atoms with van der Waals surface area (Å²) in [6, 6.07) is 8.45. The van der Waals surface area contributed by atoms with E-state index in [1.54, 1.807) is 0 Å². The van der Waals surface area contributed by atoms with Gasteiger partial charge in [-0.15, -0.1) is 0 Å². The molecule has 0 aromatic heterocycles. The number of nitrogens with one attached hydrogen (secondary N) is 1. The van der Waals surface area contributed by atoms with Gasteiger partial charge in [-0.25, -0.2) is 0 Å². The van der Waals surface area contributed by atoms with Crippen LogP contribution in [-0.4, -0.2) is 25.2 Å². The fraction of sp³-hybridized carbons (Fsp3) is 0.625. The SMILES string of the molecule is CCCCCOc1ccc(CNCCCSC)cc1. The molecule has 0 heterocycles. The van der Waals surface area contributed by atoms with E-state index in [2.05, 4.69) is 42.8 Å². The number of hydrogen-bond donors (Lipinski definition) is 1. The van der Waals surface area contributed by atoms with Crippen LogP contribution in [0.2, 0.25) is 0 Å². The highest BCUT2D eigenvalue weighted by Crippen LogP contribution is 2.12. The van der Waals surface area contributed by atoms with Gasteiger partial charge in [-0.3, -0.25) is 0 Å². The smallest absolute Gasteiger partial charge is 0.119 e. The predicted octanol–water partition coefficient (Wildman–Crippen LogP) is 4.10. The molecular weight excluding hydrogens is 254 g/mol. The van der Waals surface area contributed by atoms with Crippen molar-refractivity contribution >= 4 is 11.8 Å². The molecule has 2 nitrogen and oxygen atoms in total.